The quantitative estimate of drug-likeness (QED) is 0.115. The largest absolute Gasteiger partial charge is 1.00 e. The van der Waals surface area contributed by atoms with Crippen molar-refractivity contribution in [3.8, 4) is 22.3 Å². The molecule has 10 rings (SSSR count). The van der Waals surface area contributed by atoms with E-state index in [9.17, 15) is 0 Å². The van der Waals surface area contributed by atoms with Crippen molar-refractivity contribution in [2.45, 2.75) is 130 Å². The van der Waals surface area contributed by atoms with Crippen LogP contribution in [0.2, 0.25) is 13.1 Å². The van der Waals surface area contributed by atoms with Crippen LogP contribution in [-0.2, 0) is 36.2 Å². The van der Waals surface area contributed by atoms with E-state index in [0.29, 0.717) is 10.8 Å². The first kappa shape index (κ1) is 50.2. The summed E-state index contributed by atoms with van der Waals surface area (Å²) in [6, 6.07) is 54.3. The molecule has 332 valence electrons. The first-order chi connectivity index (χ1) is 30.2. The first-order valence-electron chi connectivity index (χ1n) is 24.0. The van der Waals surface area contributed by atoms with Crippen molar-refractivity contribution in [3.63, 3.8) is 0 Å². The molecule has 0 amide bonds. The molecule has 0 aromatic heterocycles. The molecular weight excluding hydrogens is 911 g/mol. The van der Waals surface area contributed by atoms with Crippen LogP contribution < -0.4 is 24.8 Å². The molecule has 0 heterocycles. The maximum absolute atomic E-state index is 2.53. The van der Waals surface area contributed by atoms with Gasteiger partial charge in [-0.15, -0.1) is 69.1 Å². The predicted molar refractivity (Wildman–Crippen MR) is 271 cm³/mol. The van der Waals surface area contributed by atoms with Crippen molar-refractivity contribution < 1.29 is 48.1 Å². The Labute approximate surface area is 413 Å². The zero-order valence-corrected chi connectivity index (χ0v) is 43.9. The molecule has 4 heteroatoms. The van der Waals surface area contributed by atoms with Crippen LogP contribution in [0.5, 0.6) is 0 Å². The minimum atomic E-state index is 0. The topological polar surface area (TPSA) is 0 Å². The molecule has 0 N–H and O–H groups in total. The number of hydrogen-bond donors (Lipinski definition) is 0. The van der Waals surface area contributed by atoms with Gasteiger partial charge in [-0.25, -0.2) is 0 Å². The van der Waals surface area contributed by atoms with E-state index in [4.69, 9.17) is 0 Å². The van der Waals surface area contributed by atoms with Crippen LogP contribution in [0.25, 0.3) is 65.3 Å². The number of rotatable bonds is 6. The molecule has 0 unspecified atom stereocenters. The Hall–Kier alpha value is -3.26. The monoisotopic (exact) mass is 976 g/mol. The van der Waals surface area contributed by atoms with E-state index in [1.807, 2.05) is 0 Å². The van der Waals surface area contributed by atoms with Crippen molar-refractivity contribution in [1.82, 2.24) is 0 Å². The number of halogens is 2. The Morgan fingerprint density at radius 3 is 1.09 bits per heavy atom. The minimum absolute atomic E-state index is 0. The molecule has 2 aliphatic carbocycles. The van der Waals surface area contributed by atoms with Gasteiger partial charge < -0.3 is 24.8 Å². The van der Waals surface area contributed by atoms with E-state index in [1.165, 1.54) is 179 Å². The van der Waals surface area contributed by atoms with Gasteiger partial charge in [-0.05, 0) is 82.0 Å². The smallest absolute Gasteiger partial charge is 1.00 e. The average Bonchev–Trinajstić information content (AvgIpc) is 3.87. The van der Waals surface area contributed by atoms with Gasteiger partial charge in [0.2, 0.25) is 0 Å². The fraction of sp³-hybridized carbons (Fsp3) is 0.367. The molecule has 8 aromatic rings. The van der Waals surface area contributed by atoms with Crippen molar-refractivity contribution in [1.29, 1.82) is 0 Å². The SMILES string of the molecule is CC1(Cc2cc3c(-c4cccc5ccccc45)cccc3[cH-]2)CCCCCCC1.CC1(Cc2cc3c(-c4cccc5ccccc45)cccc3[cH-]2)CCCCCCC1.C[Si](C)=[Zr+2].[Cl-].[Cl-]. The molecule has 2 saturated carbocycles. The van der Waals surface area contributed by atoms with Gasteiger partial charge in [0.1, 0.15) is 0 Å². The van der Waals surface area contributed by atoms with Crippen LogP contribution in [0.3, 0.4) is 0 Å². The van der Waals surface area contributed by atoms with Crippen LogP contribution >= 0.6 is 0 Å². The standard InChI is InChI=1S/2C29H31.C2H6Si.2ClH.Zr/c2*1-29(17-7-3-2-4-8-18-29)21-22-19-24-13-10-16-27(28(24)20-22)26-15-9-12-23-11-5-6-14-25(23)26;1-3-2;;;/h2*5-6,9-16,19-20H,2-4,7-8,17-18,21H2,1H3;1-2H3;2*1H;/q2*-1;;;;+2/p-2. The third kappa shape index (κ3) is 12.6. The van der Waals surface area contributed by atoms with Gasteiger partial charge in [0.05, 0.1) is 0 Å². The molecule has 0 bridgehead atoms. The van der Waals surface area contributed by atoms with E-state index in [1.54, 1.807) is 23.3 Å². The summed E-state index contributed by atoms with van der Waals surface area (Å²) < 4.78 is 0. The fourth-order valence-corrected chi connectivity index (χ4v) is 11.0. The molecular formula is C60H68Cl2SiZr-2. The fourth-order valence-electron chi connectivity index (χ4n) is 11.0. The zero-order valence-electron chi connectivity index (χ0n) is 38.9. The molecule has 64 heavy (non-hydrogen) atoms. The van der Waals surface area contributed by atoms with Crippen LogP contribution in [0.15, 0.2) is 146 Å². The molecule has 0 spiro atoms. The Balaban J connectivity index is 0.000000191. The Morgan fingerprint density at radius 1 is 0.422 bits per heavy atom. The number of benzene rings is 6. The number of fused-ring (bicyclic) bond motifs is 4. The summed E-state index contributed by atoms with van der Waals surface area (Å²) >= 11 is 1.74. The minimum Gasteiger partial charge on any atom is -1.00 e. The molecule has 0 saturated heterocycles. The summed E-state index contributed by atoms with van der Waals surface area (Å²) in [7, 11) is 0. The van der Waals surface area contributed by atoms with Gasteiger partial charge in [-0.1, -0.05) is 186 Å². The van der Waals surface area contributed by atoms with Gasteiger partial charge in [0.15, 0.2) is 0 Å². The summed E-state index contributed by atoms with van der Waals surface area (Å²) in [6.45, 7) is 9.68. The van der Waals surface area contributed by atoms with Gasteiger partial charge >= 0.3 is 41.9 Å². The van der Waals surface area contributed by atoms with E-state index >= 15 is 0 Å². The summed E-state index contributed by atoms with van der Waals surface area (Å²) in [6.07, 6.45) is 22.1. The Kier molecular flexibility index (Phi) is 18.4. The molecule has 8 aromatic carbocycles. The summed E-state index contributed by atoms with van der Waals surface area (Å²) in [5.74, 6) is 0. The maximum Gasteiger partial charge on any atom is -1.00 e. The molecule has 0 aliphatic heterocycles. The zero-order chi connectivity index (χ0) is 42.9. The van der Waals surface area contributed by atoms with Crippen molar-refractivity contribution in [2.24, 2.45) is 10.8 Å². The van der Waals surface area contributed by atoms with E-state index < -0.39 is 0 Å². The predicted octanol–water partition coefficient (Wildman–Crippen LogP) is 12.1. The van der Waals surface area contributed by atoms with Crippen molar-refractivity contribution in [2.75, 3.05) is 0 Å². The van der Waals surface area contributed by atoms with E-state index in [-0.39, 0.29) is 30.2 Å². The van der Waals surface area contributed by atoms with Crippen molar-refractivity contribution in [3.05, 3.63) is 157 Å². The van der Waals surface area contributed by atoms with Gasteiger partial charge in [0, 0.05) is 0 Å². The molecule has 0 nitrogen and oxygen atoms in total. The summed E-state index contributed by atoms with van der Waals surface area (Å²) in [4.78, 5) is 0. The van der Waals surface area contributed by atoms with Gasteiger partial charge in [-0.3, -0.25) is 0 Å². The molecule has 2 aliphatic rings. The van der Waals surface area contributed by atoms with Gasteiger partial charge in [0.25, 0.3) is 0 Å². The van der Waals surface area contributed by atoms with Crippen LogP contribution in [-0.4, -0.2) is 5.43 Å². The third-order valence-corrected chi connectivity index (χ3v) is 14.2. The molecule has 0 atom stereocenters. The normalized spacial score (nSPS) is 16.1. The second kappa shape index (κ2) is 23.5. The second-order valence-electron chi connectivity index (χ2n) is 19.9. The Morgan fingerprint density at radius 2 is 0.719 bits per heavy atom. The number of hydrogen-bond acceptors (Lipinski definition) is 0. The first-order valence-corrected chi connectivity index (χ1v) is 30.2. The molecule has 0 radical (unpaired) electrons. The molecule has 2 fully saturated rings. The second-order valence-corrected chi connectivity index (χ2v) is 29.3. The third-order valence-electron chi connectivity index (χ3n) is 14.2. The Bertz CT molecular complexity index is 2540. The van der Waals surface area contributed by atoms with E-state index in [0.717, 1.165) is 0 Å². The van der Waals surface area contributed by atoms with Gasteiger partial charge in [-0.2, -0.15) is 12.1 Å². The van der Waals surface area contributed by atoms with Crippen LogP contribution in [0, 0.1) is 10.8 Å². The maximum atomic E-state index is 2.53. The van der Waals surface area contributed by atoms with Crippen molar-refractivity contribution >= 4 is 48.5 Å². The van der Waals surface area contributed by atoms with E-state index in [2.05, 4.69) is 173 Å². The van der Waals surface area contributed by atoms with Crippen LogP contribution in [0.1, 0.15) is 115 Å². The summed E-state index contributed by atoms with van der Waals surface area (Å²) in [5.41, 5.74) is 9.62. The van der Waals surface area contributed by atoms with Crippen LogP contribution in [0.4, 0.5) is 0 Å². The average molecular weight is 979 g/mol. The summed E-state index contributed by atoms with van der Waals surface area (Å²) in [5, 5.41) is 10.9.